The van der Waals surface area contributed by atoms with Gasteiger partial charge < -0.3 is 4.74 Å². The van der Waals surface area contributed by atoms with Crippen LogP contribution in [0, 0.1) is 17.2 Å². The van der Waals surface area contributed by atoms with Gasteiger partial charge in [0.25, 0.3) is 0 Å². The third-order valence-electron chi connectivity index (χ3n) is 3.29. The van der Waals surface area contributed by atoms with Crippen LogP contribution in [0.1, 0.15) is 12.0 Å². The van der Waals surface area contributed by atoms with Crippen LogP contribution in [-0.4, -0.2) is 30.6 Å². The first-order chi connectivity index (χ1) is 8.74. The first kappa shape index (κ1) is 12.6. The van der Waals surface area contributed by atoms with E-state index >= 15 is 0 Å². The molecule has 1 unspecified atom stereocenters. The number of esters is 1. The van der Waals surface area contributed by atoms with Crippen molar-refractivity contribution < 1.29 is 9.53 Å². The number of methoxy groups -OCH3 is 1. The highest BCUT2D eigenvalue weighted by molar-refractivity contribution is 5.76. The van der Waals surface area contributed by atoms with Crippen LogP contribution >= 0.6 is 0 Å². The van der Waals surface area contributed by atoms with Crippen LogP contribution in [0.3, 0.4) is 0 Å². The minimum Gasteiger partial charge on any atom is -0.468 e. The lowest BCUT2D eigenvalue weighted by atomic mass is 10.1. The Kier molecular flexibility index (Phi) is 3.96. The number of nitriles is 1. The van der Waals surface area contributed by atoms with Crippen molar-refractivity contribution in [2.24, 2.45) is 5.92 Å². The normalized spacial score (nSPS) is 23.6. The number of rotatable bonds is 3. The fourth-order valence-corrected chi connectivity index (χ4v) is 2.37. The maximum atomic E-state index is 11.7. The second-order valence-corrected chi connectivity index (χ2v) is 4.52. The smallest absolute Gasteiger partial charge is 0.323 e. The Balaban J connectivity index is 2.10. The SMILES string of the molecule is COC(=O)[C@@H]1CC(C#N)CN1Cc1ccccc1. The first-order valence-electron chi connectivity index (χ1n) is 6.00. The average Bonchev–Trinajstić information content (AvgIpc) is 2.82. The summed E-state index contributed by atoms with van der Waals surface area (Å²) in [4.78, 5) is 13.7. The molecule has 0 spiro atoms. The summed E-state index contributed by atoms with van der Waals surface area (Å²) in [5.41, 5.74) is 1.14. The fraction of sp³-hybridized carbons (Fsp3) is 0.429. The summed E-state index contributed by atoms with van der Waals surface area (Å²) in [7, 11) is 1.39. The fourth-order valence-electron chi connectivity index (χ4n) is 2.37. The molecule has 94 valence electrons. The molecule has 0 bridgehead atoms. The highest BCUT2D eigenvalue weighted by atomic mass is 16.5. The predicted octanol–water partition coefficient (Wildman–Crippen LogP) is 1.57. The van der Waals surface area contributed by atoms with Crippen LogP contribution in [-0.2, 0) is 16.1 Å². The molecule has 2 rings (SSSR count). The van der Waals surface area contributed by atoms with Crippen molar-refractivity contribution in [2.45, 2.75) is 19.0 Å². The lowest BCUT2D eigenvalue weighted by Gasteiger charge is -2.21. The topological polar surface area (TPSA) is 53.3 Å². The minimum atomic E-state index is -0.292. The molecule has 0 aromatic heterocycles. The third kappa shape index (κ3) is 2.69. The van der Waals surface area contributed by atoms with Crippen LogP contribution in [0.5, 0.6) is 0 Å². The number of likely N-dealkylation sites (tertiary alicyclic amines) is 1. The van der Waals surface area contributed by atoms with Crippen LogP contribution in [0.15, 0.2) is 30.3 Å². The highest BCUT2D eigenvalue weighted by Crippen LogP contribution is 2.25. The van der Waals surface area contributed by atoms with Gasteiger partial charge >= 0.3 is 5.97 Å². The van der Waals surface area contributed by atoms with Crippen molar-refractivity contribution in [2.75, 3.05) is 13.7 Å². The molecule has 4 heteroatoms. The number of hydrogen-bond acceptors (Lipinski definition) is 4. The number of carbonyl (C=O) groups excluding carboxylic acids is 1. The Morgan fingerprint density at radius 2 is 2.22 bits per heavy atom. The molecule has 18 heavy (non-hydrogen) atoms. The van der Waals surface area contributed by atoms with E-state index in [9.17, 15) is 4.79 Å². The lowest BCUT2D eigenvalue weighted by Crippen LogP contribution is -2.36. The van der Waals surface area contributed by atoms with Crippen LogP contribution < -0.4 is 0 Å². The number of carbonyl (C=O) groups is 1. The molecule has 0 aliphatic carbocycles. The highest BCUT2D eigenvalue weighted by Gasteiger charge is 2.37. The van der Waals surface area contributed by atoms with E-state index in [1.165, 1.54) is 7.11 Å². The van der Waals surface area contributed by atoms with E-state index in [0.717, 1.165) is 5.56 Å². The number of nitrogens with zero attached hydrogens (tertiary/aromatic N) is 2. The minimum absolute atomic E-state index is 0.0854. The Labute approximate surface area is 107 Å². The summed E-state index contributed by atoms with van der Waals surface area (Å²) in [6, 6.07) is 11.9. The molecule has 1 aliphatic rings. The van der Waals surface area contributed by atoms with Gasteiger partial charge in [0.1, 0.15) is 6.04 Å². The van der Waals surface area contributed by atoms with Crippen LogP contribution in [0.2, 0.25) is 0 Å². The molecule has 1 saturated heterocycles. The molecule has 1 aromatic carbocycles. The molecule has 0 saturated carbocycles. The second-order valence-electron chi connectivity index (χ2n) is 4.52. The zero-order valence-electron chi connectivity index (χ0n) is 10.4. The molecule has 2 atom stereocenters. The van der Waals surface area contributed by atoms with Gasteiger partial charge in [0.15, 0.2) is 0 Å². The lowest BCUT2D eigenvalue weighted by molar-refractivity contribution is -0.146. The summed E-state index contributed by atoms with van der Waals surface area (Å²) >= 11 is 0. The summed E-state index contributed by atoms with van der Waals surface area (Å²) in [6.07, 6.45) is 0.565. The van der Waals surface area contributed by atoms with Crippen LogP contribution in [0.4, 0.5) is 0 Å². The van der Waals surface area contributed by atoms with Gasteiger partial charge in [-0.3, -0.25) is 9.69 Å². The third-order valence-corrected chi connectivity index (χ3v) is 3.29. The zero-order chi connectivity index (χ0) is 13.0. The first-order valence-corrected chi connectivity index (χ1v) is 6.00. The quantitative estimate of drug-likeness (QED) is 0.757. The van der Waals surface area contributed by atoms with Gasteiger partial charge in [-0.1, -0.05) is 30.3 Å². The summed E-state index contributed by atoms with van der Waals surface area (Å²) < 4.78 is 4.80. The summed E-state index contributed by atoms with van der Waals surface area (Å²) in [5, 5.41) is 8.99. The van der Waals surface area contributed by atoms with E-state index < -0.39 is 0 Å². The molecule has 0 N–H and O–H groups in total. The van der Waals surface area contributed by atoms with Gasteiger partial charge in [0, 0.05) is 13.1 Å². The second kappa shape index (κ2) is 5.65. The van der Waals surface area contributed by atoms with E-state index in [0.29, 0.717) is 19.5 Å². The van der Waals surface area contributed by atoms with Gasteiger partial charge in [0.2, 0.25) is 0 Å². The maximum Gasteiger partial charge on any atom is 0.323 e. The zero-order valence-corrected chi connectivity index (χ0v) is 10.4. The molecule has 1 fully saturated rings. The van der Waals surface area contributed by atoms with Gasteiger partial charge in [-0.2, -0.15) is 5.26 Å². The predicted molar refractivity (Wildman–Crippen MR) is 66.4 cm³/mol. The molecule has 1 aliphatic heterocycles. The summed E-state index contributed by atoms with van der Waals surface area (Å²) in [5.74, 6) is -0.332. The van der Waals surface area contributed by atoms with Crippen molar-refractivity contribution >= 4 is 5.97 Å². The average molecular weight is 244 g/mol. The van der Waals surface area contributed by atoms with Gasteiger partial charge in [0.05, 0.1) is 19.1 Å². The summed E-state index contributed by atoms with van der Waals surface area (Å²) in [6.45, 7) is 1.31. The number of ether oxygens (including phenoxy) is 1. The molecule has 0 radical (unpaired) electrons. The standard InChI is InChI=1S/C14H16N2O2/c1-18-14(17)13-7-12(8-15)10-16(13)9-11-5-3-2-4-6-11/h2-6,12-13H,7,9-10H2,1H3/t12?,13-/m0/s1. The largest absolute Gasteiger partial charge is 0.468 e. The monoisotopic (exact) mass is 244 g/mol. The molecule has 4 nitrogen and oxygen atoms in total. The number of hydrogen-bond donors (Lipinski definition) is 0. The van der Waals surface area contributed by atoms with Crippen molar-refractivity contribution in [1.29, 1.82) is 5.26 Å². The Morgan fingerprint density at radius 1 is 1.50 bits per heavy atom. The van der Waals surface area contributed by atoms with Crippen molar-refractivity contribution in [3.05, 3.63) is 35.9 Å². The molecule has 0 amide bonds. The van der Waals surface area contributed by atoms with Crippen molar-refractivity contribution in [1.82, 2.24) is 4.90 Å². The molecule has 1 aromatic rings. The van der Waals surface area contributed by atoms with E-state index in [4.69, 9.17) is 10.00 Å². The Morgan fingerprint density at radius 3 is 2.83 bits per heavy atom. The maximum absolute atomic E-state index is 11.7. The van der Waals surface area contributed by atoms with Gasteiger partial charge in [-0.05, 0) is 12.0 Å². The Bertz CT molecular complexity index is 453. The van der Waals surface area contributed by atoms with Crippen molar-refractivity contribution in [3.8, 4) is 6.07 Å². The van der Waals surface area contributed by atoms with Gasteiger partial charge in [-0.15, -0.1) is 0 Å². The molecular weight excluding hydrogens is 228 g/mol. The van der Waals surface area contributed by atoms with E-state index in [2.05, 4.69) is 6.07 Å². The van der Waals surface area contributed by atoms with E-state index in [1.807, 2.05) is 35.2 Å². The van der Waals surface area contributed by atoms with E-state index in [-0.39, 0.29) is 17.9 Å². The van der Waals surface area contributed by atoms with E-state index in [1.54, 1.807) is 0 Å². The van der Waals surface area contributed by atoms with Crippen molar-refractivity contribution in [3.63, 3.8) is 0 Å². The molecule has 1 heterocycles. The van der Waals surface area contributed by atoms with Gasteiger partial charge in [-0.25, -0.2) is 0 Å². The molecular formula is C14H16N2O2. The number of benzene rings is 1. The van der Waals surface area contributed by atoms with Crippen LogP contribution in [0.25, 0.3) is 0 Å². The Hall–Kier alpha value is -1.86.